The molecule has 6 nitrogen and oxygen atoms in total. The highest BCUT2D eigenvalue weighted by Gasteiger charge is 2.28. The predicted octanol–water partition coefficient (Wildman–Crippen LogP) is 1.67. The molecule has 0 radical (unpaired) electrons. The molecule has 0 spiro atoms. The summed E-state index contributed by atoms with van der Waals surface area (Å²) in [4.78, 5) is 14.0. The second kappa shape index (κ2) is 7.95. The zero-order chi connectivity index (χ0) is 17.9. The zero-order valence-electron chi connectivity index (χ0n) is 14.6. The lowest BCUT2D eigenvalue weighted by Crippen LogP contribution is -2.43. The highest BCUT2D eigenvalue weighted by molar-refractivity contribution is 7.89. The van der Waals surface area contributed by atoms with Crippen molar-refractivity contribution in [2.75, 3.05) is 32.8 Å². The van der Waals surface area contributed by atoms with Crippen molar-refractivity contribution in [1.82, 2.24) is 9.62 Å². The molecule has 25 heavy (non-hydrogen) atoms. The van der Waals surface area contributed by atoms with Crippen LogP contribution >= 0.6 is 0 Å². The number of carbonyl (C=O) groups excluding carboxylic acids is 1. The van der Waals surface area contributed by atoms with Gasteiger partial charge < -0.3 is 4.74 Å². The van der Waals surface area contributed by atoms with Crippen LogP contribution in [0.1, 0.15) is 36.5 Å². The number of ether oxygens (including phenoxy) is 1. The van der Waals surface area contributed by atoms with Crippen LogP contribution in [0.25, 0.3) is 0 Å². The van der Waals surface area contributed by atoms with Crippen molar-refractivity contribution in [3.8, 4) is 0 Å². The molecule has 138 valence electrons. The maximum absolute atomic E-state index is 12.4. The summed E-state index contributed by atoms with van der Waals surface area (Å²) >= 11 is 0. The topological polar surface area (TPSA) is 75.7 Å². The van der Waals surface area contributed by atoms with Crippen molar-refractivity contribution in [1.29, 1.82) is 0 Å². The molecule has 0 saturated carbocycles. The Morgan fingerprint density at radius 3 is 2.44 bits per heavy atom. The lowest BCUT2D eigenvalue weighted by atomic mass is 9.96. The summed E-state index contributed by atoms with van der Waals surface area (Å²) in [6.07, 6.45) is 3.11. The maximum atomic E-state index is 12.4. The first-order valence-corrected chi connectivity index (χ1v) is 10.4. The number of likely N-dealkylation sites (tertiary alicyclic amines) is 1. The fourth-order valence-corrected chi connectivity index (χ4v) is 4.63. The van der Waals surface area contributed by atoms with Gasteiger partial charge in [-0.25, -0.2) is 13.1 Å². The summed E-state index contributed by atoms with van der Waals surface area (Å²) in [6.45, 7) is 5.62. The largest absolute Gasteiger partial charge is 0.380 e. The number of ketones is 1. The first kappa shape index (κ1) is 18.5. The number of Topliss-reactive ketones (excluding diaryl/α,β-unsaturated/α-hetero) is 1. The minimum atomic E-state index is -3.53. The minimum absolute atomic E-state index is 0.0728. The van der Waals surface area contributed by atoms with E-state index in [4.69, 9.17) is 4.74 Å². The van der Waals surface area contributed by atoms with Gasteiger partial charge in [-0.05, 0) is 57.3 Å². The molecule has 2 aliphatic heterocycles. The smallest absolute Gasteiger partial charge is 0.240 e. The number of nitrogens with zero attached hydrogens (tertiary/aromatic N) is 1. The van der Waals surface area contributed by atoms with Crippen molar-refractivity contribution < 1.29 is 17.9 Å². The molecule has 2 aliphatic rings. The summed E-state index contributed by atoms with van der Waals surface area (Å²) in [5.41, 5.74) is 0.516. The monoisotopic (exact) mass is 366 g/mol. The highest BCUT2D eigenvalue weighted by atomic mass is 32.2. The van der Waals surface area contributed by atoms with Gasteiger partial charge >= 0.3 is 0 Å². The summed E-state index contributed by atoms with van der Waals surface area (Å²) in [7, 11) is -3.53. The van der Waals surface area contributed by atoms with Gasteiger partial charge in [0.1, 0.15) is 0 Å². The molecule has 1 aromatic carbocycles. The van der Waals surface area contributed by atoms with E-state index in [1.165, 1.54) is 19.1 Å². The van der Waals surface area contributed by atoms with Crippen LogP contribution in [-0.4, -0.2) is 58.0 Å². The van der Waals surface area contributed by atoms with Crippen LogP contribution in [0.5, 0.6) is 0 Å². The first-order chi connectivity index (χ1) is 12.0. The fraction of sp³-hybridized carbons (Fsp3) is 0.611. The van der Waals surface area contributed by atoms with Crippen molar-refractivity contribution >= 4 is 15.8 Å². The lowest BCUT2D eigenvalue weighted by Gasteiger charge is -2.35. The van der Waals surface area contributed by atoms with Crippen LogP contribution < -0.4 is 4.72 Å². The molecular weight excluding hydrogens is 340 g/mol. The Bertz CT molecular complexity index is 688. The molecule has 0 aliphatic carbocycles. The minimum Gasteiger partial charge on any atom is -0.380 e. The van der Waals surface area contributed by atoms with Crippen LogP contribution in [0.15, 0.2) is 29.2 Å². The van der Waals surface area contributed by atoms with Crippen LogP contribution in [0.2, 0.25) is 0 Å². The molecule has 2 saturated heterocycles. The Morgan fingerprint density at radius 2 is 1.88 bits per heavy atom. The van der Waals surface area contributed by atoms with Crippen LogP contribution in [-0.2, 0) is 14.8 Å². The third-order valence-electron chi connectivity index (χ3n) is 5.20. The molecule has 3 rings (SSSR count). The molecule has 1 atom stereocenters. The predicted molar refractivity (Wildman–Crippen MR) is 95.2 cm³/mol. The molecule has 1 aromatic rings. The Morgan fingerprint density at radius 1 is 1.20 bits per heavy atom. The van der Waals surface area contributed by atoms with E-state index in [0.29, 0.717) is 24.1 Å². The van der Waals surface area contributed by atoms with Crippen LogP contribution in [0.4, 0.5) is 0 Å². The van der Waals surface area contributed by atoms with E-state index in [1.54, 1.807) is 12.1 Å². The number of benzene rings is 1. The zero-order valence-corrected chi connectivity index (χ0v) is 15.4. The van der Waals surface area contributed by atoms with Gasteiger partial charge in [-0.3, -0.25) is 9.69 Å². The van der Waals surface area contributed by atoms with E-state index in [-0.39, 0.29) is 10.7 Å². The van der Waals surface area contributed by atoms with E-state index in [1.807, 2.05) is 0 Å². The second-order valence-electron chi connectivity index (χ2n) is 6.93. The number of nitrogens with one attached hydrogen (secondary N) is 1. The van der Waals surface area contributed by atoms with Crippen molar-refractivity contribution in [3.05, 3.63) is 29.8 Å². The lowest BCUT2D eigenvalue weighted by molar-refractivity contribution is 0.101. The molecule has 2 heterocycles. The average molecular weight is 366 g/mol. The molecule has 0 aromatic heterocycles. The average Bonchev–Trinajstić information content (AvgIpc) is 3.15. The van der Waals surface area contributed by atoms with Crippen molar-refractivity contribution in [2.45, 2.75) is 37.1 Å². The van der Waals surface area contributed by atoms with Gasteiger partial charge in [0.15, 0.2) is 5.78 Å². The molecule has 0 amide bonds. The number of hydrogen-bond acceptors (Lipinski definition) is 5. The number of hydrogen-bond donors (Lipinski definition) is 1. The molecular formula is C18H26N2O4S. The van der Waals surface area contributed by atoms with Gasteiger partial charge in [0.2, 0.25) is 10.0 Å². The summed E-state index contributed by atoms with van der Waals surface area (Å²) < 4.78 is 33.0. The molecule has 2 fully saturated rings. The normalized spacial score (nSPS) is 23.0. The van der Waals surface area contributed by atoms with E-state index in [0.717, 1.165) is 45.6 Å². The Labute approximate surface area is 149 Å². The molecule has 0 unspecified atom stereocenters. The number of carbonyl (C=O) groups is 1. The summed E-state index contributed by atoms with van der Waals surface area (Å²) in [6, 6.07) is 6.62. The van der Waals surface area contributed by atoms with Gasteiger partial charge in [0, 0.05) is 24.8 Å². The Kier molecular flexibility index (Phi) is 5.89. The standard InChI is InChI=1S/C18H26N2O4S/c1-14(21)16-2-4-18(5-3-16)25(22,23)19-12-15-6-9-20(10-7-15)17-8-11-24-13-17/h2-5,15,17,19H,6-13H2,1H3/t17-/m1/s1. The first-order valence-electron chi connectivity index (χ1n) is 8.88. The highest BCUT2D eigenvalue weighted by Crippen LogP contribution is 2.22. The van der Waals surface area contributed by atoms with Gasteiger partial charge in [0.05, 0.1) is 11.5 Å². The molecule has 7 heteroatoms. The van der Waals surface area contributed by atoms with Crippen molar-refractivity contribution in [3.63, 3.8) is 0 Å². The van der Waals surface area contributed by atoms with E-state index in [9.17, 15) is 13.2 Å². The molecule has 1 N–H and O–H groups in total. The number of sulfonamides is 1. The third-order valence-corrected chi connectivity index (χ3v) is 6.64. The van der Waals surface area contributed by atoms with Crippen LogP contribution in [0, 0.1) is 5.92 Å². The molecule has 0 bridgehead atoms. The van der Waals surface area contributed by atoms with Gasteiger partial charge in [-0.2, -0.15) is 0 Å². The third kappa shape index (κ3) is 4.67. The van der Waals surface area contributed by atoms with E-state index in [2.05, 4.69) is 9.62 Å². The maximum Gasteiger partial charge on any atom is 0.240 e. The summed E-state index contributed by atoms with van der Waals surface area (Å²) in [5, 5.41) is 0. The van der Waals surface area contributed by atoms with E-state index < -0.39 is 10.0 Å². The Hall–Kier alpha value is -1.28. The Balaban J connectivity index is 1.50. The van der Waals surface area contributed by atoms with Gasteiger partial charge in [0.25, 0.3) is 0 Å². The summed E-state index contributed by atoms with van der Waals surface area (Å²) in [5.74, 6) is 0.293. The van der Waals surface area contributed by atoms with Gasteiger partial charge in [-0.15, -0.1) is 0 Å². The number of rotatable bonds is 6. The van der Waals surface area contributed by atoms with Crippen LogP contribution in [0.3, 0.4) is 0 Å². The van der Waals surface area contributed by atoms with Gasteiger partial charge in [-0.1, -0.05) is 12.1 Å². The fourth-order valence-electron chi connectivity index (χ4n) is 3.51. The quantitative estimate of drug-likeness (QED) is 0.775. The second-order valence-corrected chi connectivity index (χ2v) is 8.70. The SMILES string of the molecule is CC(=O)c1ccc(S(=O)(=O)NCC2CCN([C@@H]3CCOC3)CC2)cc1. The van der Waals surface area contributed by atoms with Crippen molar-refractivity contribution in [2.24, 2.45) is 5.92 Å². The number of piperidine rings is 1. The van der Waals surface area contributed by atoms with E-state index >= 15 is 0 Å².